The van der Waals surface area contributed by atoms with Crippen molar-refractivity contribution in [3.05, 3.63) is 0 Å². The molecule has 25 atom stereocenters. The molecule has 4 saturated carbocycles. The van der Waals surface area contributed by atoms with Crippen LogP contribution in [-0.4, -0.2) is 347 Å². The molecule has 4 fully saturated rings. The predicted octanol–water partition coefficient (Wildman–Crippen LogP) is -5.02. The second-order valence-corrected chi connectivity index (χ2v) is 38.5. The van der Waals surface area contributed by atoms with E-state index in [2.05, 4.69) is 9.05 Å². The number of phosphoric ester groups is 12. The molecule has 672 valence electrons. The lowest BCUT2D eigenvalue weighted by Gasteiger charge is -2.49. The molecular formula is C41H88O60P12. The summed E-state index contributed by atoms with van der Waals surface area (Å²) in [5.41, 5.74) is -2.38. The molecule has 0 heterocycles. The van der Waals surface area contributed by atoms with Crippen LogP contribution in [-0.2, 0) is 166 Å². The van der Waals surface area contributed by atoms with Crippen LogP contribution >= 0.6 is 93.9 Å². The van der Waals surface area contributed by atoms with Crippen molar-refractivity contribution < 1.29 is 283 Å². The van der Waals surface area contributed by atoms with E-state index in [0.29, 0.717) is 21.3 Å². The van der Waals surface area contributed by atoms with Crippen LogP contribution in [0, 0.1) is 5.41 Å². The van der Waals surface area contributed by atoms with E-state index >= 15 is 0 Å². The number of rotatable bonds is 48. The van der Waals surface area contributed by atoms with Crippen molar-refractivity contribution in [2.24, 2.45) is 5.41 Å². The SMILES string of the molecule is COC1[C@@H](OP(=O)(O)O)[C@H](OC)C(OCCC(CCOC2[C@@H](OC)[C@H](OP(=O)(O)O)C(OP(=O)(O)O)[C@H](OP(=O)(O)O)[C@H]2OC)(CCO[C@H]2[C@@H](OC)[C@H](OP(=O)(O)O)[C@@H](OP(=O)(O)O)[C@H](OP(=O)(O)O)[C@H]2OP(=O)(O)O)CCO[C@H]2[C@@H](OP(=O)(O)O)[C@H](OC)[C@@H](OC)[C@H](OP(=O)(O)O)[C@H]2OP(=O)(O)O)[C@H](OC)[C@H]1OP(=O)(O)O. The van der Waals surface area contributed by atoms with Crippen LogP contribution in [0.2, 0.25) is 0 Å². The van der Waals surface area contributed by atoms with Gasteiger partial charge in [-0.15, -0.1) is 0 Å². The summed E-state index contributed by atoms with van der Waals surface area (Å²) < 4.78 is 279. The van der Waals surface area contributed by atoms with Crippen LogP contribution in [0.1, 0.15) is 25.7 Å². The lowest BCUT2D eigenvalue weighted by atomic mass is 9.75. The first kappa shape index (κ1) is 106. The fraction of sp³-hybridized carbons (Fsp3) is 1.00. The van der Waals surface area contributed by atoms with Gasteiger partial charge in [0, 0.05) is 83.3 Å². The van der Waals surface area contributed by atoms with Crippen LogP contribution in [0.15, 0.2) is 0 Å². The normalized spacial score (nSPS) is 33.3. The molecule has 0 spiro atoms. The van der Waals surface area contributed by atoms with Crippen LogP contribution < -0.4 is 0 Å². The van der Waals surface area contributed by atoms with Gasteiger partial charge in [-0.2, -0.15) is 0 Å². The molecule has 4 aliphatic carbocycles. The Kier molecular flexibility index (Phi) is 39.7. The second kappa shape index (κ2) is 42.2. The average molecular weight is 1910 g/mol. The van der Waals surface area contributed by atoms with E-state index in [1.165, 1.54) is 0 Å². The van der Waals surface area contributed by atoms with E-state index < -0.39 is 298 Å². The maximum atomic E-state index is 12.9. The molecule has 0 aromatic carbocycles. The van der Waals surface area contributed by atoms with Crippen LogP contribution in [0.5, 0.6) is 0 Å². The topological polar surface area (TPSA) is 912 Å². The van der Waals surface area contributed by atoms with Crippen molar-refractivity contribution in [1.82, 2.24) is 0 Å². The highest BCUT2D eigenvalue weighted by atomic mass is 31.2. The zero-order valence-corrected chi connectivity index (χ0v) is 69.5. The Morgan fingerprint density at radius 2 is 0.257 bits per heavy atom. The van der Waals surface area contributed by atoms with E-state index in [1.807, 2.05) is 0 Å². The van der Waals surface area contributed by atoms with E-state index in [9.17, 15) is 172 Å². The van der Waals surface area contributed by atoms with Crippen LogP contribution in [0.4, 0.5) is 0 Å². The Morgan fingerprint density at radius 1 is 0.168 bits per heavy atom. The Bertz CT molecular complexity index is 3540. The third-order valence-corrected chi connectivity index (χ3v) is 23.0. The van der Waals surface area contributed by atoms with Crippen molar-refractivity contribution in [1.29, 1.82) is 0 Å². The van der Waals surface area contributed by atoms with E-state index in [4.69, 9.17) is 102 Å². The summed E-state index contributed by atoms with van der Waals surface area (Å²) in [6.45, 7) is -5.02. The molecule has 4 rings (SSSR count). The van der Waals surface area contributed by atoms with Gasteiger partial charge in [-0.1, -0.05) is 0 Å². The maximum Gasteiger partial charge on any atom is 0.470 e. The smallest absolute Gasteiger partial charge is 0.376 e. The second-order valence-electron chi connectivity index (χ2n) is 24.2. The van der Waals surface area contributed by atoms with E-state index in [1.54, 1.807) is 0 Å². The minimum absolute atomic E-state index is 0.556. The van der Waals surface area contributed by atoms with Gasteiger partial charge < -0.3 is 174 Å². The van der Waals surface area contributed by atoms with Gasteiger partial charge in [0.2, 0.25) is 0 Å². The van der Waals surface area contributed by atoms with Crippen LogP contribution in [0.25, 0.3) is 0 Å². The van der Waals surface area contributed by atoms with Crippen molar-refractivity contribution in [2.45, 2.75) is 172 Å². The first-order chi connectivity index (χ1) is 51.1. The molecule has 4 aliphatic rings. The standard InChI is InChI=1S/C41H88O60P12/c1-78-17-18(79-2)32(93-105(51,52)53)37(98-110(66,67)68)28(31(17)92-104(48,49)50)89-16-12-41(9-13-86-25-19(80-3)29(90-102(42,43)44)24(85-8)30(20(25)81-4)91-103(45,46)47,10-14-87-26-21(82-5)33(94-106(54,55)56)38(99-111(69,70)71)34(22(26)83-6)95-107(57,58)59)11-15-88-27-23(84-7)35(96-108(60,61)62)39(100-112(72,73)74)40(101-113(75,76)77)36(27)97-109(63,64)65/h17-40H,9-16H2,1-8H3,(H2,42,43,44)(H2,45,46,47)(H2,48,49,50)(H2,51,52,53)(H2,54,55,56)(H2,57,58,59)(H2,60,61,62)(H2,63,64,65)(H2,66,67,68)(H2,69,70,71)(H2,72,73,74)(H2,75,76,77)/t17-,18-,19-,20+,21-,22+,23-,24?,25?,26?,27+,28+,29+,30-,31+,32+,33+,34-,35+,36+,37+,38?,39-,40-,41?/m1/s1. The zero-order valence-electron chi connectivity index (χ0n) is 58.8. The molecule has 0 aliphatic heterocycles. The minimum atomic E-state index is -6.35. The summed E-state index contributed by atoms with van der Waals surface area (Å²) in [6.07, 6.45) is -65.1. The fourth-order valence-corrected chi connectivity index (χ4v) is 19.8. The summed E-state index contributed by atoms with van der Waals surface area (Å²) >= 11 is 0. The third kappa shape index (κ3) is 34.4. The Labute approximate surface area is 636 Å². The Hall–Kier alpha value is 0.840. The van der Waals surface area contributed by atoms with Gasteiger partial charge in [0.1, 0.15) is 146 Å². The van der Waals surface area contributed by atoms with Gasteiger partial charge in [-0.3, -0.25) is 54.3 Å². The molecule has 72 heteroatoms. The summed E-state index contributed by atoms with van der Waals surface area (Å²) in [6, 6.07) is 0. The summed E-state index contributed by atoms with van der Waals surface area (Å²) in [7, 11) is -67.5. The zero-order chi connectivity index (χ0) is 87.0. The van der Waals surface area contributed by atoms with E-state index in [0.717, 1.165) is 35.5 Å². The minimum Gasteiger partial charge on any atom is -0.376 e. The number of phosphoric acid groups is 12. The quantitative estimate of drug-likeness (QED) is 0.0254. The summed E-state index contributed by atoms with van der Waals surface area (Å²) in [5, 5.41) is 0. The van der Waals surface area contributed by atoms with Crippen molar-refractivity contribution in [3.8, 4) is 0 Å². The lowest BCUT2D eigenvalue weighted by Crippen LogP contribution is -2.67. The molecular weight excluding hydrogens is 1820 g/mol. The first-order valence-electron chi connectivity index (χ1n) is 30.7. The molecule has 0 saturated heterocycles. The molecule has 0 amide bonds. The highest BCUT2D eigenvalue weighted by Gasteiger charge is 2.64. The van der Waals surface area contributed by atoms with Gasteiger partial charge in [0.25, 0.3) is 0 Å². The van der Waals surface area contributed by atoms with Gasteiger partial charge in [-0.05, 0) is 31.1 Å². The van der Waals surface area contributed by atoms with Crippen molar-refractivity contribution in [2.75, 3.05) is 83.3 Å². The van der Waals surface area contributed by atoms with Gasteiger partial charge in [-0.25, -0.2) is 54.8 Å². The molecule has 0 aromatic rings. The largest absolute Gasteiger partial charge is 0.470 e. The molecule has 5 unspecified atom stereocenters. The average Bonchev–Trinajstić information content (AvgIpc) is 0.770. The fourth-order valence-electron chi connectivity index (χ4n) is 13.1. The number of hydrogen-bond donors (Lipinski definition) is 24. The first-order valence-corrected chi connectivity index (χ1v) is 49.0. The van der Waals surface area contributed by atoms with Gasteiger partial charge >= 0.3 is 93.9 Å². The number of methoxy groups -OCH3 is 8. The molecule has 0 aromatic heterocycles. The summed E-state index contributed by atoms with van der Waals surface area (Å²) in [5.74, 6) is 0. The molecule has 0 radical (unpaired) electrons. The highest BCUT2D eigenvalue weighted by molar-refractivity contribution is 7.49. The van der Waals surface area contributed by atoms with Crippen molar-refractivity contribution in [3.63, 3.8) is 0 Å². The van der Waals surface area contributed by atoms with E-state index in [-0.39, 0.29) is 0 Å². The monoisotopic (exact) mass is 1910 g/mol. The number of ether oxygens (including phenoxy) is 12. The highest BCUT2D eigenvalue weighted by Crippen LogP contribution is 2.58. The predicted molar refractivity (Wildman–Crippen MR) is 349 cm³/mol. The summed E-state index contributed by atoms with van der Waals surface area (Å²) in [4.78, 5) is 244. The van der Waals surface area contributed by atoms with Crippen molar-refractivity contribution >= 4 is 93.9 Å². The molecule has 0 bridgehead atoms. The number of hydrogen-bond acceptors (Lipinski definition) is 36. The Morgan fingerprint density at radius 3 is 0.398 bits per heavy atom. The van der Waals surface area contributed by atoms with Gasteiger partial charge in [0.05, 0.1) is 0 Å². The molecule has 24 N–H and O–H groups in total. The Balaban J connectivity index is 2.25. The van der Waals surface area contributed by atoms with Gasteiger partial charge in [0.15, 0.2) is 0 Å². The maximum absolute atomic E-state index is 12.9. The third-order valence-electron chi connectivity index (χ3n) is 16.8. The lowest BCUT2D eigenvalue weighted by molar-refractivity contribution is -0.248. The van der Waals surface area contributed by atoms with Crippen LogP contribution in [0.3, 0.4) is 0 Å². The molecule has 113 heavy (non-hydrogen) atoms. The molecule has 60 nitrogen and oxygen atoms in total.